The Morgan fingerprint density at radius 3 is 3.00 bits per heavy atom. The van der Waals surface area contributed by atoms with Gasteiger partial charge in [0.25, 0.3) is 5.91 Å². The summed E-state index contributed by atoms with van der Waals surface area (Å²) in [6.45, 7) is 0.769. The topological polar surface area (TPSA) is 91.2 Å². The van der Waals surface area contributed by atoms with Gasteiger partial charge in [-0.1, -0.05) is 6.07 Å². The molecule has 8 heteroatoms. The average molecular weight is 337 g/mol. The number of nitrogens with one attached hydrogen (secondary N) is 1. The zero-order valence-corrected chi connectivity index (χ0v) is 13.3. The molecular weight excluding hydrogens is 322 g/mol. The maximum atomic E-state index is 12.3. The third-order valence-corrected chi connectivity index (χ3v) is 3.80. The van der Waals surface area contributed by atoms with Gasteiger partial charge < -0.3 is 14.8 Å². The lowest BCUT2D eigenvalue weighted by molar-refractivity contribution is 0.0954. The zero-order valence-electron chi connectivity index (χ0n) is 13.3. The number of rotatable bonds is 5. The lowest BCUT2D eigenvalue weighted by Crippen LogP contribution is -2.25. The van der Waals surface area contributed by atoms with E-state index in [4.69, 9.17) is 9.47 Å². The average Bonchev–Trinajstić information content (AvgIpc) is 3.33. The molecule has 126 valence electrons. The van der Waals surface area contributed by atoms with E-state index in [-0.39, 0.29) is 12.7 Å². The Balaban J connectivity index is 1.37. The summed E-state index contributed by atoms with van der Waals surface area (Å²) in [5.41, 5.74) is 1.59. The molecule has 0 radical (unpaired) electrons. The first-order valence-corrected chi connectivity index (χ1v) is 7.77. The van der Waals surface area contributed by atoms with E-state index >= 15 is 0 Å². The molecule has 1 aromatic carbocycles. The van der Waals surface area contributed by atoms with E-state index in [0.29, 0.717) is 24.3 Å². The Kier molecular flexibility index (Phi) is 3.99. The number of carbonyl (C=O) groups is 1. The molecule has 25 heavy (non-hydrogen) atoms. The molecule has 3 heterocycles. The molecule has 0 saturated carbocycles. The molecule has 0 aliphatic carbocycles. The summed E-state index contributed by atoms with van der Waals surface area (Å²) in [7, 11) is 0. The van der Waals surface area contributed by atoms with Gasteiger partial charge in [-0.25, -0.2) is 14.6 Å². The Hall–Kier alpha value is -3.42. The summed E-state index contributed by atoms with van der Waals surface area (Å²) in [6, 6.07) is 9.12. The number of amides is 1. The Morgan fingerprint density at radius 1 is 1.20 bits per heavy atom. The van der Waals surface area contributed by atoms with Gasteiger partial charge >= 0.3 is 0 Å². The van der Waals surface area contributed by atoms with Gasteiger partial charge in [0.1, 0.15) is 12.7 Å². The third-order valence-electron chi connectivity index (χ3n) is 3.80. The molecule has 1 aliphatic rings. The normalized spacial score (nSPS) is 12.2. The van der Waals surface area contributed by atoms with Crippen LogP contribution < -0.4 is 14.8 Å². The number of hydrogen-bond donors (Lipinski definition) is 1. The first-order valence-electron chi connectivity index (χ1n) is 7.77. The number of carbonyl (C=O) groups excluding carboxylic acids is 1. The summed E-state index contributed by atoms with van der Waals surface area (Å²) in [6.07, 6.45) is 5.22. The minimum Gasteiger partial charge on any atom is -0.454 e. The number of nitrogens with zero attached hydrogens (tertiary/aromatic N) is 4. The minimum absolute atomic E-state index is 0.162. The summed E-state index contributed by atoms with van der Waals surface area (Å²) >= 11 is 0. The first-order chi connectivity index (χ1) is 12.3. The molecule has 4 rings (SSSR count). The highest BCUT2D eigenvalue weighted by Crippen LogP contribution is 2.32. The van der Waals surface area contributed by atoms with E-state index in [1.54, 1.807) is 18.3 Å². The van der Waals surface area contributed by atoms with E-state index < -0.39 is 0 Å². The van der Waals surface area contributed by atoms with Gasteiger partial charge in [-0.3, -0.25) is 4.79 Å². The number of pyridine rings is 1. The van der Waals surface area contributed by atoms with Crippen LogP contribution >= 0.6 is 0 Å². The molecule has 8 nitrogen and oxygen atoms in total. The second kappa shape index (κ2) is 6.60. The molecule has 3 aromatic rings. The Morgan fingerprint density at radius 2 is 2.12 bits per heavy atom. The fourth-order valence-corrected chi connectivity index (χ4v) is 2.53. The Bertz CT molecular complexity index is 895. The van der Waals surface area contributed by atoms with E-state index in [1.165, 1.54) is 17.3 Å². The van der Waals surface area contributed by atoms with Crippen LogP contribution in [-0.4, -0.2) is 39.0 Å². The van der Waals surface area contributed by atoms with Gasteiger partial charge in [0.15, 0.2) is 17.3 Å². The SMILES string of the molecule is O=C(NCCc1ccc2c(c1)OCO2)c1ccnc(-n2cncn2)c1. The molecule has 0 spiro atoms. The molecule has 2 aromatic heterocycles. The molecule has 1 amide bonds. The monoisotopic (exact) mass is 337 g/mol. The quantitative estimate of drug-likeness (QED) is 0.756. The maximum Gasteiger partial charge on any atom is 0.251 e. The van der Waals surface area contributed by atoms with Crippen LogP contribution in [-0.2, 0) is 6.42 Å². The summed E-state index contributed by atoms with van der Waals surface area (Å²) < 4.78 is 12.1. The van der Waals surface area contributed by atoms with Crippen molar-refractivity contribution in [2.45, 2.75) is 6.42 Å². The number of benzene rings is 1. The number of fused-ring (bicyclic) bond motifs is 1. The van der Waals surface area contributed by atoms with Gasteiger partial charge in [-0.2, -0.15) is 5.10 Å². The predicted octanol–water partition coefficient (Wildman–Crippen LogP) is 1.36. The van der Waals surface area contributed by atoms with E-state index in [9.17, 15) is 4.79 Å². The number of hydrogen-bond acceptors (Lipinski definition) is 6. The van der Waals surface area contributed by atoms with Gasteiger partial charge in [0, 0.05) is 18.3 Å². The molecule has 0 saturated heterocycles. The van der Waals surface area contributed by atoms with Crippen molar-refractivity contribution in [1.82, 2.24) is 25.1 Å². The van der Waals surface area contributed by atoms with Crippen LogP contribution in [0.4, 0.5) is 0 Å². The predicted molar refractivity (Wildman–Crippen MR) is 87.8 cm³/mol. The number of aromatic nitrogens is 4. The van der Waals surface area contributed by atoms with Crippen molar-refractivity contribution < 1.29 is 14.3 Å². The lowest BCUT2D eigenvalue weighted by atomic mass is 10.1. The van der Waals surface area contributed by atoms with Crippen molar-refractivity contribution in [3.8, 4) is 17.3 Å². The van der Waals surface area contributed by atoms with Crippen molar-refractivity contribution in [3.05, 3.63) is 60.3 Å². The van der Waals surface area contributed by atoms with E-state index in [1.807, 2.05) is 18.2 Å². The van der Waals surface area contributed by atoms with Crippen molar-refractivity contribution in [2.24, 2.45) is 0 Å². The van der Waals surface area contributed by atoms with Crippen molar-refractivity contribution in [2.75, 3.05) is 13.3 Å². The van der Waals surface area contributed by atoms with Crippen LogP contribution in [0.2, 0.25) is 0 Å². The highest BCUT2D eigenvalue weighted by molar-refractivity contribution is 5.94. The van der Waals surface area contributed by atoms with Crippen LogP contribution in [0, 0.1) is 0 Å². The standard InChI is InChI=1S/C17H15N5O3/c23-17(13-4-6-19-16(8-13)22-10-18-9-21-22)20-5-3-12-1-2-14-15(7-12)25-11-24-14/h1-2,4,6-10H,3,5,11H2,(H,20,23). The fraction of sp³-hybridized carbons (Fsp3) is 0.176. The molecule has 0 atom stereocenters. The smallest absolute Gasteiger partial charge is 0.251 e. The molecule has 0 fully saturated rings. The van der Waals surface area contributed by atoms with Gasteiger partial charge in [0.2, 0.25) is 6.79 Å². The van der Waals surface area contributed by atoms with Crippen LogP contribution in [0.3, 0.4) is 0 Å². The third kappa shape index (κ3) is 3.27. The van der Waals surface area contributed by atoms with Crippen molar-refractivity contribution >= 4 is 5.91 Å². The molecule has 1 N–H and O–H groups in total. The van der Waals surface area contributed by atoms with Crippen LogP contribution in [0.15, 0.2) is 49.2 Å². The lowest BCUT2D eigenvalue weighted by Gasteiger charge is -2.07. The van der Waals surface area contributed by atoms with Crippen LogP contribution in [0.1, 0.15) is 15.9 Å². The summed E-state index contributed by atoms with van der Waals surface area (Å²) in [4.78, 5) is 20.4. The summed E-state index contributed by atoms with van der Waals surface area (Å²) in [5, 5.41) is 6.91. The Labute approximate surface area is 143 Å². The van der Waals surface area contributed by atoms with Gasteiger partial charge in [0.05, 0.1) is 0 Å². The van der Waals surface area contributed by atoms with E-state index in [2.05, 4.69) is 20.4 Å². The van der Waals surface area contributed by atoms with Crippen LogP contribution in [0.25, 0.3) is 5.82 Å². The van der Waals surface area contributed by atoms with Crippen molar-refractivity contribution in [3.63, 3.8) is 0 Å². The zero-order chi connectivity index (χ0) is 17.1. The fourth-order valence-electron chi connectivity index (χ4n) is 2.53. The molecule has 0 unspecified atom stereocenters. The van der Waals surface area contributed by atoms with Gasteiger partial charge in [-0.15, -0.1) is 0 Å². The van der Waals surface area contributed by atoms with E-state index in [0.717, 1.165) is 17.1 Å². The molecule has 1 aliphatic heterocycles. The molecular formula is C17H15N5O3. The van der Waals surface area contributed by atoms with Crippen LogP contribution in [0.5, 0.6) is 11.5 Å². The largest absolute Gasteiger partial charge is 0.454 e. The second-order valence-corrected chi connectivity index (χ2v) is 5.44. The highest BCUT2D eigenvalue weighted by Gasteiger charge is 2.13. The highest BCUT2D eigenvalue weighted by atomic mass is 16.7. The minimum atomic E-state index is -0.162. The van der Waals surface area contributed by atoms with Gasteiger partial charge in [-0.05, 0) is 36.2 Å². The number of ether oxygens (including phenoxy) is 2. The summed E-state index contributed by atoms with van der Waals surface area (Å²) in [5.74, 6) is 1.88. The second-order valence-electron chi connectivity index (χ2n) is 5.44. The first kappa shape index (κ1) is 15.1. The molecule has 0 bridgehead atoms. The maximum absolute atomic E-state index is 12.3. The van der Waals surface area contributed by atoms with Crippen molar-refractivity contribution in [1.29, 1.82) is 0 Å².